The molecular formula is C12H6BrF3N2O4. The second kappa shape index (κ2) is 6.18. The molecule has 22 heavy (non-hydrogen) atoms. The third kappa shape index (κ3) is 4.32. The van der Waals surface area contributed by atoms with Crippen molar-refractivity contribution in [3.63, 3.8) is 0 Å². The fourth-order valence-electron chi connectivity index (χ4n) is 1.47. The van der Waals surface area contributed by atoms with Gasteiger partial charge in [0, 0.05) is 22.8 Å². The average molecular weight is 379 g/mol. The van der Waals surface area contributed by atoms with Crippen LogP contribution < -0.4 is 9.47 Å². The monoisotopic (exact) mass is 378 g/mol. The first kappa shape index (κ1) is 16.0. The van der Waals surface area contributed by atoms with Crippen molar-refractivity contribution in [1.82, 2.24) is 4.98 Å². The lowest BCUT2D eigenvalue weighted by molar-refractivity contribution is -0.386. The third-order valence-electron chi connectivity index (χ3n) is 2.25. The lowest BCUT2D eigenvalue weighted by Crippen LogP contribution is -2.17. The zero-order valence-electron chi connectivity index (χ0n) is 10.5. The minimum atomic E-state index is -4.85. The molecule has 0 amide bonds. The first-order valence-electron chi connectivity index (χ1n) is 5.58. The first-order chi connectivity index (χ1) is 10.2. The van der Waals surface area contributed by atoms with Gasteiger partial charge in [0.15, 0.2) is 0 Å². The summed E-state index contributed by atoms with van der Waals surface area (Å²) in [6, 6.07) is 5.75. The molecule has 0 saturated heterocycles. The van der Waals surface area contributed by atoms with E-state index in [1.54, 1.807) is 0 Å². The Morgan fingerprint density at radius 3 is 2.55 bits per heavy atom. The lowest BCUT2D eigenvalue weighted by atomic mass is 10.3. The lowest BCUT2D eigenvalue weighted by Gasteiger charge is -2.10. The van der Waals surface area contributed by atoms with E-state index in [9.17, 15) is 23.3 Å². The van der Waals surface area contributed by atoms with E-state index in [2.05, 4.69) is 25.7 Å². The maximum absolute atomic E-state index is 12.1. The van der Waals surface area contributed by atoms with Crippen molar-refractivity contribution in [2.75, 3.05) is 0 Å². The number of ether oxygens (including phenoxy) is 2. The molecule has 0 aliphatic carbocycles. The molecule has 0 aliphatic rings. The minimum absolute atomic E-state index is 0.0836. The van der Waals surface area contributed by atoms with Crippen LogP contribution in [0.25, 0.3) is 0 Å². The summed E-state index contributed by atoms with van der Waals surface area (Å²) < 4.78 is 45.7. The molecule has 0 radical (unpaired) electrons. The zero-order chi connectivity index (χ0) is 16.3. The van der Waals surface area contributed by atoms with Gasteiger partial charge >= 0.3 is 12.0 Å². The van der Waals surface area contributed by atoms with Gasteiger partial charge in [-0.1, -0.05) is 6.07 Å². The molecule has 0 N–H and O–H groups in total. The summed E-state index contributed by atoms with van der Waals surface area (Å²) in [5.74, 6) is -0.943. The van der Waals surface area contributed by atoms with Crippen LogP contribution in [0.3, 0.4) is 0 Å². The fraction of sp³-hybridized carbons (Fsp3) is 0.0833. The van der Waals surface area contributed by atoms with Crippen LogP contribution in [-0.4, -0.2) is 16.3 Å². The van der Waals surface area contributed by atoms with Gasteiger partial charge < -0.3 is 9.47 Å². The average Bonchev–Trinajstić information content (AvgIpc) is 2.39. The van der Waals surface area contributed by atoms with Crippen molar-refractivity contribution >= 4 is 21.6 Å². The Labute approximate surface area is 129 Å². The topological polar surface area (TPSA) is 74.5 Å². The van der Waals surface area contributed by atoms with E-state index in [1.165, 1.54) is 24.4 Å². The van der Waals surface area contributed by atoms with Crippen molar-refractivity contribution in [1.29, 1.82) is 0 Å². The molecule has 1 aromatic carbocycles. The predicted molar refractivity (Wildman–Crippen MR) is 71.8 cm³/mol. The molecule has 0 atom stereocenters. The number of aromatic nitrogens is 1. The Hall–Kier alpha value is -2.36. The molecule has 1 heterocycles. The Balaban J connectivity index is 2.28. The van der Waals surface area contributed by atoms with E-state index < -0.39 is 22.7 Å². The fourth-order valence-corrected chi connectivity index (χ4v) is 1.79. The highest BCUT2D eigenvalue weighted by atomic mass is 79.9. The number of halogens is 4. The van der Waals surface area contributed by atoms with Crippen LogP contribution in [0.15, 0.2) is 41.0 Å². The van der Waals surface area contributed by atoms with E-state index in [0.29, 0.717) is 4.47 Å². The van der Waals surface area contributed by atoms with E-state index in [0.717, 1.165) is 12.1 Å². The molecule has 6 nitrogen and oxygen atoms in total. The van der Waals surface area contributed by atoms with Crippen molar-refractivity contribution in [2.45, 2.75) is 6.36 Å². The van der Waals surface area contributed by atoms with Gasteiger partial charge in [-0.15, -0.1) is 13.2 Å². The minimum Gasteiger partial charge on any atom is -0.434 e. The van der Waals surface area contributed by atoms with Gasteiger partial charge in [-0.05, 0) is 28.1 Å². The molecule has 0 unspecified atom stereocenters. The van der Waals surface area contributed by atoms with Crippen molar-refractivity contribution in [2.24, 2.45) is 0 Å². The summed E-state index contributed by atoms with van der Waals surface area (Å²) in [4.78, 5) is 13.9. The second-order valence-electron chi connectivity index (χ2n) is 3.86. The first-order valence-corrected chi connectivity index (χ1v) is 6.37. The van der Waals surface area contributed by atoms with E-state index in [1.807, 2.05) is 0 Å². The second-order valence-corrected chi connectivity index (χ2v) is 4.78. The van der Waals surface area contributed by atoms with E-state index in [-0.39, 0.29) is 11.6 Å². The number of nitro groups is 1. The van der Waals surface area contributed by atoms with Gasteiger partial charge in [-0.25, -0.2) is 4.98 Å². The maximum atomic E-state index is 12.1. The third-order valence-corrected chi connectivity index (χ3v) is 2.68. The molecule has 0 spiro atoms. The van der Waals surface area contributed by atoms with Crippen LogP contribution in [-0.2, 0) is 0 Å². The highest BCUT2D eigenvalue weighted by Gasteiger charge is 2.31. The number of rotatable bonds is 4. The van der Waals surface area contributed by atoms with Crippen LogP contribution >= 0.6 is 15.9 Å². The van der Waals surface area contributed by atoms with Gasteiger partial charge in [0.25, 0.3) is 5.88 Å². The van der Waals surface area contributed by atoms with Crippen molar-refractivity contribution < 1.29 is 27.6 Å². The summed E-state index contributed by atoms with van der Waals surface area (Å²) in [7, 11) is 0. The SMILES string of the molecule is O=[N+]([O-])c1cc(Br)cnc1Oc1cccc(OC(F)(F)F)c1. The Kier molecular flexibility index (Phi) is 4.50. The van der Waals surface area contributed by atoms with Crippen LogP contribution in [0.2, 0.25) is 0 Å². The number of hydrogen-bond donors (Lipinski definition) is 0. The van der Waals surface area contributed by atoms with Gasteiger partial charge in [0.1, 0.15) is 11.5 Å². The normalized spacial score (nSPS) is 11.1. The smallest absolute Gasteiger partial charge is 0.434 e. The number of benzene rings is 1. The van der Waals surface area contributed by atoms with Crippen LogP contribution in [0, 0.1) is 10.1 Å². The number of alkyl halides is 3. The quantitative estimate of drug-likeness (QED) is 0.580. The van der Waals surface area contributed by atoms with E-state index >= 15 is 0 Å². The number of pyridine rings is 1. The molecule has 2 aromatic rings. The maximum Gasteiger partial charge on any atom is 0.573 e. The van der Waals surface area contributed by atoms with E-state index in [4.69, 9.17) is 4.74 Å². The summed E-state index contributed by atoms with van der Waals surface area (Å²) in [6.45, 7) is 0. The Morgan fingerprint density at radius 2 is 1.91 bits per heavy atom. The van der Waals surface area contributed by atoms with Crippen molar-refractivity contribution in [3.8, 4) is 17.4 Å². The largest absolute Gasteiger partial charge is 0.573 e. The highest BCUT2D eigenvalue weighted by Crippen LogP contribution is 2.33. The van der Waals surface area contributed by atoms with Gasteiger partial charge in [-0.3, -0.25) is 10.1 Å². The molecule has 116 valence electrons. The summed E-state index contributed by atoms with van der Waals surface area (Å²) >= 11 is 3.03. The summed E-state index contributed by atoms with van der Waals surface area (Å²) in [6.07, 6.45) is -3.58. The molecule has 2 rings (SSSR count). The Morgan fingerprint density at radius 1 is 1.23 bits per heavy atom. The molecule has 0 aliphatic heterocycles. The van der Waals surface area contributed by atoms with Gasteiger partial charge in [-0.2, -0.15) is 0 Å². The van der Waals surface area contributed by atoms with Crippen molar-refractivity contribution in [3.05, 3.63) is 51.1 Å². The van der Waals surface area contributed by atoms with Gasteiger partial charge in [0.2, 0.25) is 0 Å². The number of nitrogens with zero attached hydrogens (tertiary/aromatic N) is 2. The van der Waals surface area contributed by atoms with Gasteiger partial charge in [0.05, 0.1) is 4.92 Å². The standard InChI is InChI=1S/C12H6BrF3N2O4/c13-7-4-10(18(19)20)11(17-6-7)21-8-2-1-3-9(5-8)22-12(14,15)16/h1-6H. The molecule has 0 bridgehead atoms. The molecular weight excluding hydrogens is 373 g/mol. The number of hydrogen-bond acceptors (Lipinski definition) is 5. The molecule has 1 aromatic heterocycles. The predicted octanol–water partition coefficient (Wildman–Crippen LogP) is 4.44. The summed E-state index contributed by atoms with van der Waals surface area (Å²) in [5.41, 5.74) is -0.434. The molecule has 0 fully saturated rings. The highest BCUT2D eigenvalue weighted by molar-refractivity contribution is 9.10. The van der Waals surface area contributed by atoms with Crippen LogP contribution in [0.5, 0.6) is 17.4 Å². The summed E-state index contributed by atoms with van der Waals surface area (Å²) in [5, 5.41) is 10.9. The Bertz CT molecular complexity index is 709. The van der Waals surface area contributed by atoms with Crippen LogP contribution in [0.4, 0.5) is 18.9 Å². The zero-order valence-corrected chi connectivity index (χ0v) is 12.1. The van der Waals surface area contributed by atoms with Crippen LogP contribution in [0.1, 0.15) is 0 Å². The molecule has 10 heteroatoms. The molecule has 0 saturated carbocycles.